The van der Waals surface area contributed by atoms with E-state index in [9.17, 15) is 25.2 Å². The summed E-state index contributed by atoms with van der Waals surface area (Å²) < 4.78 is 0. The maximum absolute atomic E-state index is 12.5. The number of hydrogen-bond acceptors (Lipinski definition) is 5. The van der Waals surface area contributed by atoms with Crippen molar-refractivity contribution in [3.8, 4) is 0 Å². The number of rotatable bonds is 50. The Kier molecular flexibility index (Phi) is 47.8. The molecule has 0 fully saturated rings. The van der Waals surface area contributed by atoms with Crippen molar-refractivity contribution < 1.29 is 25.2 Å². The second-order valence-corrected chi connectivity index (χ2v) is 18.9. The normalized spacial score (nSPS) is 13.8. The molecule has 0 aromatic carbocycles. The van der Waals surface area contributed by atoms with Crippen LogP contribution in [0.4, 0.5) is 0 Å². The minimum Gasteiger partial charge on any atom is -0.394 e. The molecular weight excluding hydrogens is 731 g/mol. The largest absolute Gasteiger partial charge is 0.394 e. The molecular formula is C53H107NO5. The predicted molar refractivity (Wildman–Crippen MR) is 256 cm³/mol. The summed E-state index contributed by atoms with van der Waals surface area (Å²) in [6.07, 6.45) is 54.9. The van der Waals surface area contributed by atoms with Crippen LogP contribution in [0.15, 0.2) is 0 Å². The van der Waals surface area contributed by atoms with Gasteiger partial charge in [0, 0.05) is 0 Å². The van der Waals surface area contributed by atoms with Gasteiger partial charge in [-0.05, 0) is 12.8 Å². The smallest absolute Gasteiger partial charge is 0.249 e. The van der Waals surface area contributed by atoms with Crippen molar-refractivity contribution in [3.05, 3.63) is 0 Å². The molecule has 0 spiro atoms. The summed E-state index contributed by atoms with van der Waals surface area (Å²) in [7, 11) is 0. The predicted octanol–water partition coefficient (Wildman–Crippen LogP) is 15.1. The van der Waals surface area contributed by atoms with Crippen molar-refractivity contribution in [1.82, 2.24) is 5.32 Å². The lowest BCUT2D eigenvalue weighted by atomic mass is 9.99. The molecule has 59 heavy (non-hydrogen) atoms. The lowest BCUT2D eigenvalue weighted by molar-refractivity contribution is -0.132. The Morgan fingerprint density at radius 1 is 0.356 bits per heavy atom. The van der Waals surface area contributed by atoms with E-state index in [1.165, 1.54) is 238 Å². The van der Waals surface area contributed by atoms with Crippen LogP contribution in [0.25, 0.3) is 0 Å². The van der Waals surface area contributed by atoms with Crippen molar-refractivity contribution in [3.63, 3.8) is 0 Å². The van der Waals surface area contributed by atoms with Gasteiger partial charge in [0.25, 0.3) is 0 Å². The first-order chi connectivity index (χ1) is 29.0. The summed E-state index contributed by atoms with van der Waals surface area (Å²) in [5.41, 5.74) is 0. The van der Waals surface area contributed by atoms with E-state index in [0.717, 1.165) is 38.5 Å². The zero-order valence-corrected chi connectivity index (χ0v) is 40.0. The Hall–Kier alpha value is -0.690. The molecule has 0 saturated heterocycles. The van der Waals surface area contributed by atoms with Crippen LogP contribution in [0, 0.1) is 0 Å². The second-order valence-electron chi connectivity index (χ2n) is 18.9. The van der Waals surface area contributed by atoms with E-state index in [2.05, 4.69) is 19.2 Å². The van der Waals surface area contributed by atoms with Gasteiger partial charge in [0.1, 0.15) is 12.2 Å². The van der Waals surface area contributed by atoms with E-state index >= 15 is 0 Å². The third-order valence-electron chi connectivity index (χ3n) is 13.1. The molecule has 5 N–H and O–H groups in total. The van der Waals surface area contributed by atoms with E-state index in [1.807, 2.05) is 0 Å². The van der Waals surface area contributed by atoms with Crippen LogP contribution in [0.5, 0.6) is 0 Å². The highest BCUT2D eigenvalue weighted by Crippen LogP contribution is 2.18. The van der Waals surface area contributed by atoms with Crippen LogP contribution < -0.4 is 5.32 Å². The lowest BCUT2D eigenvalue weighted by Gasteiger charge is -2.27. The lowest BCUT2D eigenvalue weighted by Crippen LogP contribution is -2.53. The molecule has 0 heterocycles. The fourth-order valence-electron chi connectivity index (χ4n) is 8.82. The van der Waals surface area contributed by atoms with Crippen LogP contribution in [0.1, 0.15) is 303 Å². The van der Waals surface area contributed by atoms with Crippen LogP contribution in [-0.2, 0) is 4.79 Å². The zero-order valence-electron chi connectivity index (χ0n) is 40.0. The highest BCUT2D eigenvalue weighted by atomic mass is 16.3. The fraction of sp³-hybridized carbons (Fsp3) is 0.981. The first kappa shape index (κ1) is 58.3. The molecule has 0 rings (SSSR count). The Labute approximate surface area is 369 Å². The molecule has 0 aliphatic carbocycles. The minimum absolute atomic E-state index is 0.376. The molecule has 6 heteroatoms. The molecule has 4 unspecified atom stereocenters. The molecule has 0 aromatic rings. The first-order valence-electron chi connectivity index (χ1n) is 26.9. The van der Waals surface area contributed by atoms with Crippen molar-refractivity contribution in [1.29, 1.82) is 0 Å². The summed E-state index contributed by atoms with van der Waals surface area (Å²) in [4.78, 5) is 12.5. The number of amides is 1. The Morgan fingerprint density at radius 2 is 0.576 bits per heavy atom. The topological polar surface area (TPSA) is 110 Å². The van der Waals surface area contributed by atoms with Crippen LogP contribution in [-0.4, -0.2) is 57.3 Å². The van der Waals surface area contributed by atoms with E-state index in [1.54, 1.807) is 0 Å². The van der Waals surface area contributed by atoms with Crippen molar-refractivity contribution in [2.45, 2.75) is 327 Å². The highest BCUT2D eigenvalue weighted by Gasteiger charge is 2.28. The van der Waals surface area contributed by atoms with Gasteiger partial charge in [-0.1, -0.05) is 290 Å². The number of unbranched alkanes of at least 4 members (excludes halogenated alkanes) is 41. The Bertz CT molecular complexity index is 811. The number of hydrogen-bond donors (Lipinski definition) is 5. The molecule has 0 radical (unpaired) electrons. The number of nitrogens with one attached hydrogen (secondary N) is 1. The molecule has 0 aliphatic heterocycles. The van der Waals surface area contributed by atoms with E-state index < -0.39 is 36.9 Å². The zero-order chi connectivity index (χ0) is 43.1. The van der Waals surface area contributed by atoms with E-state index in [4.69, 9.17) is 0 Å². The first-order valence-corrected chi connectivity index (χ1v) is 26.9. The van der Waals surface area contributed by atoms with Gasteiger partial charge in [-0.25, -0.2) is 0 Å². The fourth-order valence-corrected chi connectivity index (χ4v) is 8.82. The summed E-state index contributed by atoms with van der Waals surface area (Å²) in [6, 6.07) is -0.978. The van der Waals surface area contributed by atoms with Crippen molar-refractivity contribution in [2.75, 3.05) is 6.61 Å². The highest BCUT2D eigenvalue weighted by molar-refractivity contribution is 5.80. The van der Waals surface area contributed by atoms with Crippen molar-refractivity contribution >= 4 is 5.91 Å². The molecule has 0 bridgehead atoms. The second kappa shape index (κ2) is 48.3. The minimum atomic E-state index is -1.25. The van der Waals surface area contributed by atoms with Crippen LogP contribution in [0.3, 0.4) is 0 Å². The molecule has 0 aliphatic rings. The van der Waals surface area contributed by atoms with Gasteiger partial charge in [-0.3, -0.25) is 4.79 Å². The molecule has 0 aromatic heterocycles. The standard InChI is InChI=1S/C53H107NO5/c1-3-5-7-9-11-13-14-15-16-17-18-19-20-21-22-23-24-25-26-27-28-29-30-31-32-33-34-35-36-37-39-41-43-45-47-51(57)53(59)54-49(48-55)52(58)50(56)46-44-42-40-38-12-10-8-6-4-2/h49-52,55-58H,3-48H2,1-2H3,(H,54,59). The molecule has 4 atom stereocenters. The van der Waals surface area contributed by atoms with Gasteiger partial charge >= 0.3 is 0 Å². The number of carbonyl (C=O) groups is 1. The van der Waals surface area contributed by atoms with Crippen LogP contribution in [0.2, 0.25) is 0 Å². The number of aliphatic hydroxyl groups is 4. The van der Waals surface area contributed by atoms with Gasteiger partial charge in [0.05, 0.1) is 18.8 Å². The maximum atomic E-state index is 12.5. The quantitative estimate of drug-likeness (QED) is 0.0392. The van der Waals surface area contributed by atoms with Gasteiger partial charge in [0.15, 0.2) is 0 Å². The molecule has 354 valence electrons. The summed E-state index contributed by atoms with van der Waals surface area (Å²) >= 11 is 0. The maximum Gasteiger partial charge on any atom is 0.249 e. The van der Waals surface area contributed by atoms with Gasteiger partial charge in [-0.15, -0.1) is 0 Å². The average molecular weight is 838 g/mol. The van der Waals surface area contributed by atoms with E-state index in [0.29, 0.717) is 12.8 Å². The SMILES string of the molecule is CCCCCCCCCCCCCCCCCCCCCCCCCCCCCCCCCCCCC(O)C(=O)NC(CO)C(O)C(O)CCCCCCCCCCC. The number of aliphatic hydroxyl groups excluding tert-OH is 4. The van der Waals surface area contributed by atoms with Crippen molar-refractivity contribution in [2.24, 2.45) is 0 Å². The van der Waals surface area contributed by atoms with E-state index in [-0.39, 0.29) is 0 Å². The summed E-state index contributed by atoms with van der Waals surface area (Å²) in [5, 5.41) is 43.6. The monoisotopic (exact) mass is 838 g/mol. The number of carbonyl (C=O) groups excluding carboxylic acids is 1. The molecule has 6 nitrogen and oxygen atoms in total. The Morgan fingerprint density at radius 3 is 0.814 bits per heavy atom. The summed E-state index contributed by atoms with van der Waals surface area (Å²) in [6.45, 7) is 4.05. The van der Waals surface area contributed by atoms with Gasteiger partial charge in [-0.2, -0.15) is 0 Å². The summed E-state index contributed by atoms with van der Waals surface area (Å²) in [5.74, 6) is -0.579. The molecule has 1 amide bonds. The average Bonchev–Trinajstić information content (AvgIpc) is 3.24. The van der Waals surface area contributed by atoms with Gasteiger partial charge < -0.3 is 25.7 Å². The van der Waals surface area contributed by atoms with Crippen LogP contribution >= 0.6 is 0 Å². The molecule has 0 saturated carbocycles. The third-order valence-corrected chi connectivity index (χ3v) is 13.1. The van der Waals surface area contributed by atoms with Gasteiger partial charge in [0.2, 0.25) is 5.91 Å². The third kappa shape index (κ3) is 42.4. The Balaban J connectivity index is 3.45.